The molecule has 0 bridgehead atoms. The molecule has 1 heteroatoms. The Hall–Kier alpha value is -0.820. The van der Waals surface area contributed by atoms with Gasteiger partial charge in [0.05, 0.1) is 6.61 Å². The van der Waals surface area contributed by atoms with Crippen LogP contribution in [0.4, 0.5) is 0 Å². The molecule has 1 aliphatic carbocycles. The van der Waals surface area contributed by atoms with E-state index in [1.54, 1.807) is 0 Å². The van der Waals surface area contributed by atoms with Crippen molar-refractivity contribution in [3.05, 3.63) is 35.5 Å². The van der Waals surface area contributed by atoms with E-state index in [2.05, 4.69) is 45.1 Å². The summed E-state index contributed by atoms with van der Waals surface area (Å²) < 4.78 is 0. The predicted octanol–water partition coefficient (Wildman–Crippen LogP) is 4.01. The molecule has 0 aliphatic heterocycles. The first-order valence-electron chi connectivity index (χ1n) is 6.15. The molecule has 1 aliphatic rings. The van der Waals surface area contributed by atoms with E-state index in [-0.39, 0.29) is 12.0 Å². The molecule has 0 radical (unpaired) electrons. The molecular formula is C15H24O. The summed E-state index contributed by atoms with van der Waals surface area (Å²) in [7, 11) is 0. The summed E-state index contributed by atoms with van der Waals surface area (Å²) in [4.78, 5) is 0. The van der Waals surface area contributed by atoms with Gasteiger partial charge in [0.1, 0.15) is 0 Å². The molecule has 0 unspecified atom stereocenters. The Morgan fingerprint density at radius 3 is 2.75 bits per heavy atom. The van der Waals surface area contributed by atoms with Gasteiger partial charge < -0.3 is 5.11 Å². The molecule has 0 aromatic rings. The van der Waals surface area contributed by atoms with Gasteiger partial charge in [-0.05, 0) is 43.6 Å². The Morgan fingerprint density at radius 2 is 2.06 bits per heavy atom. The maximum atomic E-state index is 9.22. The number of hydrogen-bond acceptors (Lipinski definition) is 1. The van der Waals surface area contributed by atoms with Crippen molar-refractivity contribution in [2.24, 2.45) is 5.41 Å². The fourth-order valence-electron chi connectivity index (χ4n) is 1.85. The van der Waals surface area contributed by atoms with Crippen molar-refractivity contribution in [1.82, 2.24) is 0 Å². The lowest BCUT2D eigenvalue weighted by Crippen LogP contribution is -2.05. The van der Waals surface area contributed by atoms with Crippen LogP contribution < -0.4 is 0 Å². The zero-order chi connectivity index (χ0) is 12.0. The van der Waals surface area contributed by atoms with E-state index in [1.807, 2.05) is 0 Å². The lowest BCUT2D eigenvalue weighted by Gasteiger charge is -2.18. The van der Waals surface area contributed by atoms with E-state index in [4.69, 9.17) is 0 Å². The Kier molecular flexibility index (Phi) is 5.01. The van der Waals surface area contributed by atoms with E-state index < -0.39 is 0 Å². The molecular weight excluding hydrogens is 196 g/mol. The summed E-state index contributed by atoms with van der Waals surface area (Å²) in [5, 5.41) is 9.22. The van der Waals surface area contributed by atoms with Crippen molar-refractivity contribution in [3.63, 3.8) is 0 Å². The van der Waals surface area contributed by atoms with Gasteiger partial charge in [-0.1, -0.05) is 43.7 Å². The number of hydrogen-bond donors (Lipinski definition) is 1. The van der Waals surface area contributed by atoms with Crippen molar-refractivity contribution in [2.45, 2.75) is 46.5 Å². The molecule has 0 heterocycles. The summed E-state index contributed by atoms with van der Waals surface area (Å²) in [6.45, 7) is 6.90. The summed E-state index contributed by atoms with van der Waals surface area (Å²) in [5.74, 6) is 0. The van der Waals surface area contributed by atoms with Crippen molar-refractivity contribution < 1.29 is 5.11 Å². The normalized spacial score (nSPS) is 22.0. The monoisotopic (exact) mass is 220 g/mol. The van der Waals surface area contributed by atoms with Crippen molar-refractivity contribution in [2.75, 3.05) is 6.61 Å². The highest BCUT2D eigenvalue weighted by Gasteiger charge is 2.12. The summed E-state index contributed by atoms with van der Waals surface area (Å²) in [6, 6.07) is 0. The third-order valence-corrected chi connectivity index (χ3v) is 3.10. The van der Waals surface area contributed by atoms with E-state index in [1.165, 1.54) is 5.57 Å². The largest absolute Gasteiger partial charge is 0.392 e. The van der Waals surface area contributed by atoms with Gasteiger partial charge in [0, 0.05) is 0 Å². The van der Waals surface area contributed by atoms with E-state index >= 15 is 0 Å². The van der Waals surface area contributed by atoms with Crippen LogP contribution in [-0.4, -0.2) is 11.7 Å². The minimum absolute atomic E-state index is 0.188. The molecule has 0 fully saturated rings. The van der Waals surface area contributed by atoms with Crippen LogP contribution in [0.3, 0.4) is 0 Å². The second-order valence-electron chi connectivity index (χ2n) is 5.41. The highest BCUT2D eigenvalue weighted by Crippen LogP contribution is 2.25. The van der Waals surface area contributed by atoms with Crippen LogP contribution in [0.15, 0.2) is 35.5 Å². The standard InChI is InChI=1S/C15H24O/c1-13-6-4-7-14(12-16)8-5-10-15(2,3)11-9-13/h5,7,9-10,16H,4,6,8,11-12H2,1-3H3. The maximum Gasteiger partial charge on any atom is 0.0644 e. The van der Waals surface area contributed by atoms with Crippen LogP contribution in [0.1, 0.15) is 46.5 Å². The lowest BCUT2D eigenvalue weighted by atomic mass is 9.87. The molecule has 0 aromatic heterocycles. The van der Waals surface area contributed by atoms with Gasteiger partial charge in [-0.15, -0.1) is 0 Å². The minimum Gasteiger partial charge on any atom is -0.392 e. The van der Waals surface area contributed by atoms with Gasteiger partial charge >= 0.3 is 0 Å². The summed E-state index contributed by atoms with van der Waals surface area (Å²) in [6.07, 6.45) is 13.1. The van der Waals surface area contributed by atoms with Crippen LogP contribution in [0, 0.1) is 5.41 Å². The first kappa shape index (κ1) is 13.2. The van der Waals surface area contributed by atoms with Gasteiger partial charge in [-0.2, -0.15) is 0 Å². The molecule has 90 valence electrons. The third-order valence-electron chi connectivity index (χ3n) is 3.10. The number of allylic oxidation sites excluding steroid dienone is 5. The molecule has 1 nitrogen and oxygen atoms in total. The number of aliphatic hydroxyl groups is 1. The Labute approximate surface area is 99.6 Å². The first-order chi connectivity index (χ1) is 7.53. The molecule has 0 atom stereocenters. The minimum atomic E-state index is 0.188. The number of aliphatic hydroxyl groups excluding tert-OH is 1. The second kappa shape index (κ2) is 6.05. The fraction of sp³-hybridized carbons (Fsp3) is 0.600. The predicted molar refractivity (Wildman–Crippen MR) is 70.3 cm³/mol. The Balaban J connectivity index is 2.81. The topological polar surface area (TPSA) is 20.2 Å². The van der Waals surface area contributed by atoms with Crippen molar-refractivity contribution >= 4 is 0 Å². The lowest BCUT2D eigenvalue weighted by molar-refractivity contribution is 0.328. The zero-order valence-corrected chi connectivity index (χ0v) is 10.8. The van der Waals surface area contributed by atoms with Crippen LogP contribution in [0.5, 0.6) is 0 Å². The number of rotatable bonds is 1. The molecule has 1 N–H and O–H groups in total. The molecule has 0 amide bonds. The zero-order valence-electron chi connectivity index (χ0n) is 10.8. The molecule has 16 heavy (non-hydrogen) atoms. The van der Waals surface area contributed by atoms with E-state index in [0.29, 0.717) is 0 Å². The van der Waals surface area contributed by atoms with Crippen LogP contribution >= 0.6 is 0 Å². The van der Waals surface area contributed by atoms with Gasteiger partial charge in [0.2, 0.25) is 0 Å². The average molecular weight is 220 g/mol. The van der Waals surface area contributed by atoms with Gasteiger partial charge in [-0.25, -0.2) is 0 Å². The van der Waals surface area contributed by atoms with Crippen LogP contribution in [0.2, 0.25) is 0 Å². The Morgan fingerprint density at radius 1 is 1.31 bits per heavy atom. The molecule has 1 rings (SSSR count). The third kappa shape index (κ3) is 4.80. The SMILES string of the molecule is CC1=CCC(C)(C)C=CCC(CO)=CCC1. The van der Waals surface area contributed by atoms with E-state index in [9.17, 15) is 5.11 Å². The maximum absolute atomic E-state index is 9.22. The quantitative estimate of drug-likeness (QED) is 0.662. The van der Waals surface area contributed by atoms with Crippen molar-refractivity contribution in [1.29, 1.82) is 0 Å². The summed E-state index contributed by atoms with van der Waals surface area (Å²) >= 11 is 0. The van der Waals surface area contributed by atoms with Crippen LogP contribution in [0.25, 0.3) is 0 Å². The average Bonchev–Trinajstić information content (AvgIpc) is 2.26. The molecule has 0 saturated carbocycles. The van der Waals surface area contributed by atoms with Crippen LogP contribution in [-0.2, 0) is 0 Å². The summed E-state index contributed by atoms with van der Waals surface area (Å²) in [5.41, 5.74) is 2.82. The fourth-order valence-corrected chi connectivity index (χ4v) is 1.85. The Bertz CT molecular complexity index is 305. The van der Waals surface area contributed by atoms with Gasteiger partial charge in [0.25, 0.3) is 0 Å². The van der Waals surface area contributed by atoms with Gasteiger partial charge in [0.15, 0.2) is 0 Å². The highest BCUT2D eigenvalue weighted by atomic mass is 16.3. The molecule has 0 spiro atoms. The molecule has 0 aromatic carbocycles. The molecule has 0 saturated heterocycles. The van der Waals surface area contributed by atoms with Crippen molar-refractivity contribution in [3.8, 4) is 0 Å². The smallest absolute Gasteiger partial charge is 0.0644 e. The second-order valence-corrected chi connectivity index (χ2v) is 5.41. The van der Waals surface area contributed by atoms with E-state index in [0.717, 1.165) is 31.3 Å². The van der Waals surface area contributed by atoms with Gasteiger partial charge in [-0.3, -0.25) is 0 Å². The highest BCUT2D eigenvalue weighted by molar-refractivity contribution is 5.13. The first-order valence-corrected chi connectivity index (χ1v) is 6.15.